The molecule has 0 bridgehead atoms. The Hall–Kier alpha value is -4.65. The van der Waals surface area contributed by atoms with E-state index in [-0.39, 0.29) is 22.9 Å². The van der Waals surface area contributed by atoms with E-state index in [0.29, 0.717) is 40.0 Å². The van der Waals surface area contributed by atoms with Gasteiger partial charge in [0.15, 0.2) is 5.78 Å². The van der Waals surface area contributed by atoms with E-state index in [0.717, 1.165) is 35.2 Å². The van der Waals surface area contributed by atoms with Crippen molar-refractivity contribution in [2.75, 3.05) is 7.05 Å². The topological polar surface area (TPSA) is 85.1 Å². The molecule has 1 aliphatic carbocycles. The number of fused-ring (bicyclic) bond motifs is 1. The third kappa shape index (κ3) is 4.50. The second-order valence-electron chi connectivity index (χ2n) is 10.1. The smallest absolute Gasteiger partial charge is 0.255 e. The van der Waals surface area contributed by atoms with Crippen LogP contribution in [0, 0.1) is 12.7 Å². The van der Waals surface area contributed by atoms with Crippen molar-refractivity contribution in [1.29, 1.82) is 0 Å². The van der Waals surface area contributed by atoms with Crippen molar-refractivity contribution in [2.45, 2.75) is 31.6 Å². The molecule has 0 radical (unpaired) electrons. The zero-order chi connectivity index (χ0) is 27.1. The predicted octanol–water partition coefficient (Wildman–Crippen LogP) is 6.67. The van der Waals surface area contributed by atoms with Gasteiger partial charge in [-0.3, -0.25) is 14.6 Å². The number of carbonyl (C=O) groups is 2. The van der Waals surface area contributed by atoms with Gasteiger partial charge in [0.25, 0.3) is 5.91 Å². The van der Waals surface area contributed by atoms with Gasteiger partial charge in [0, 0.05) is 53.7 Å². The fraction of sp³-hybridized carbons (Fsp3) is 0.188. The lowest BCUT2D eigenvalue weighted by molar-refractivity contribution is 0.0958. The summed E-state index contributed by atoms with van der Waals surface area (Å²) in [4.78, 5) is 35.4. The Balaban J connectivity index is 1.39. The summed E-state index contributed by atoms with van der Waals surface area (Å²) in [6.07, 6.45) is 5.77. The minimum Gasteiger partial charge on any atom is -0.437 e. The number of hydrogen-bond acceptors (Lipinski definition) is 5. The second kappa shape index (κ2) is 9.58. The molecule has 1 saturated carbocycles. The number of benzene rings is 2. The lowest BCUT2D eigenvalue weighted by Gasteiger charge is -2.15. The molecule has 1 aliphatic rings. The van der Waals surface area contributed by atoms with E-state index in [1.807, 2.05) is 49.4 Å². The molecule has 7 heteroatoms. The van der Waals surface area contributed by atoms with E-state index in [1.54, 1.807) is 31.6 Å². The number of carbonyl (C=O) groups excluding carboxylic acids is 2. The highest BCUT2D eigenvalue weighted by molar-refractivity contribution is 6.11. The van der Waals surface area contributed by atoms with Gasteiger partial charge in [-0.25, -0.2) is 9.37 Å². The van der Waals surface area contributed by atoms with Gasteiger partial charge < -0.3 is 9.73 Å². The van der Waals surface area contributed by atoms with Crippen LogP contribution in [-0.2, 0) is 5.41 Å². The Kier molecular flexibility index (Phi) is 6.06. The number of aromatic nitrogens is 2. The van der Waals surface area contributed by atoms with E-state index in [9.17, 15) is 14.0 Å². The lowest BCUT2D eigenvalue weighted by Crippen LogP contribution is -2.18. The summed E-state index contributed by atoms with van der Waals surface area (Å²) in [6, 6.07) is 19.2. The molecule has 0 unspecified atom stereocenters. The molecule has 1 N–H and O–H groups in total. The van der Waals surface area contributed by atoms with Gasteiger partial charge >= 0.3 is 0 Å². The van der Waals surface area contributed by atoms with E-state index in [1.165, 1.54) is 12.1 Å². The number of Topliss-reactive ketones (excluding diaryl/α,β-unsaturated/α-hetero) is 1. The molecular weight excluding hydrogens is 493 g/mol. The molecule has 1 amide bonds. The second-order valence-corrected chi connectivity index (χ2v) is 10.1. The molecule has 1 fully saturated rings. The van der Waals surface area contributed by atoms with Crippen LogP contribution in [0.5, 0.6) is 0 Å². The lowest BCUT2D eigenvalue weighted by atomic mass is 9.90. The number of pyridine rings is 2. The molecule has 5 aromatic rings. The molecular formula is C32H26FN3O3. The molecule has 0 atom stereocenters. The first-order valence-electron chi connectivity index (χ1n) is 12.8. The summed E-state index contributed by atoms with van der Waals surface area (Å²) in [6.45, 7) is 1.98. The van der Waals surface area contributed by atoms with Crippen LogP contribution < -0.4 is 5.32 Å². The van der Waals surface area contributed by atoms with E-state index in [4.69, 9.17) is 4.42 Å². The molecule has 3 heterocycles. The van der Waals surface area contributed by atoms with E-state index < -0.39 is 0 Å². The normalized spacial score (nSPS) is 13.8. The molecule has 6 nitrogen and oxygen atoms in total. The Morgan fingerprint density at radius 2 is 1.79 bits per heavy atom. The molecule has 0 aliphatic heterocycles. The first kappa shape index (κ1) is 24.7. The van der Waals surface area contributed by atoms with Crippen LogP contribution in [0.3, 0.4) is 0 Å². The number of rotatable bonds is 7. The van der Waals surface area contributed by atoms with Gasteiger partial charge in [0.1, 0.15) is 11.6 Å². The summed E-state index contributed by atoms with van der Waals surface area (Å²) < 4.78 is 19.5. The highest BCUT2D eigenvalue weighted by Gasteiger charge is 2.47. The van der Waals surface area contributed by atoms with Crippen LogP contribution in [0.4, 0.5) is 4.39 Å². The van der Waals surface area contributed by atoms with Crippen LogP contribution in [-0.4, -0.2) is 28.7 Å². The van der Waals surface area contributed by atoms with Crippen molar-refractivity contribution in [3.05, 3.63) is 107 Å². The molecule has 6 rings (SSSR count). The van der Waals surface area contributed by atoms with Crippen molar-refractivity contribution in [2.24, 2.45) is 0 Å². The Labute approximate surface area is 224 Å². The maximum absolute atomic E-state index is 13.5. The van der Waals surface area contributed by atoms with Crippen molar-refractivity contribution in [3.63, 3.8) is 0 Å². The predicted molar refractivity (Wildman–Crippen MR) is 147 cm³/mol. The fourth-order valence-corrected chi connectivity index (χ4v) is 5.15. The van der Waals surface area contributed by atoms with Crippen molar-refractivity contribution < 1.29 is 18.4 Å². The molecule has 39 heavy (non-hydrogen) atoms. The Bertz CT molecular complexity index is 1720. The summed E-state index contributed by atoms with van der Waals surface area (Å²) in [5.74, 6) is -0.327. The Morgan fingerprint density at radius 3 is 2.49 bits per heavy atom. The minimum absolute atomic E-state index is 0.0707. The first-order valence-corrected chi connectivity index (χ1v) is 12.8. The van der Waals surface area contributed by atoms with Gasteiger partial charge in [0.05, 0.1) is 10.9 Å². The van der Waals surface area contributed by atoms with Crippen molar-refractivity contribution in [3.8, 4) is 22.5 Å². The molecule has 194 valence electrons. The largest absolute Gasteiger partial charge is 0.437 e. The molecule has 2 aromatic carbocycles. The highest BCUT2D eigenvalue weighted by atomic mass is 19.1. The highest BCUT2D eigenvalue weighted by Crippen LogP contribution is 2.50. The molecule has 3 aromatic heterocycles. The van der Waals surface area contributed by atoms with Gasteiger partial charge in [-0.2, -0.15) is 0 Å². The summed E-state index contributed by atoms with van der Waals surface area (Å²) in [5.41, 5.74) is 5.20. The van der Waals surface area contributed by atoms with Gasteiger partial charge in [-0.15, -0.1) is 0 Å². The minimum atomic E-state index is -0.380. The van der Waals surface area contributed by atoms with Gasteiger partial charge in [0.2, 0.25) is 5.71 Å². The van der Waals surface area contributed by atoms with Crippen LogP contribution in [0.2, 0.25) is 0 Å². The number of nitrogens with one attached hydrogen (secondary N) is 1. The maximum atomic E-state index is 13.5. The number of furan rings is 1. The molecule has 0 saturated heterocycles. The summed E-state index contributed by atoms with van der Waals surface area (Å²) in [5, 5.41) is 3.20. The molecule has 0 spiro atoms. The zero-order valence-electron chi connectivity index (χ0n) is 21.6. The fourth-order valence-electron chi connectivity index (χ4n) is 5.15. The SMILES string of the molecule is CNC(=O)c1c(-c2ccc(F)cc2)oc2ncc(-c3cc(C(=O)CC4(c5ccccn5)CC4)ccc3C)cc12. The summed E-state index contributed by atoms with van der Waals surface area (Å²) in [7, 11) is 1.55. The van der Waals surface area contributed by atoms with Crippen LogP contribution in [0.15, 0.2) is 83.5 Å². The number of aryl methyl sites for hydroxylation is 1. The number of amides is 1. The number of nitrogens with zero attached hydrogens (tertiary/aromatic N) is 2. The van der Waals surface area contributed by atoms with E-state index in [2.05, 4.69) is 15.3 Å². The van der Waals surface area contributed by atoms with Crippen molar-refractivity contribution in [1.82, 2.24) is 15.3 Å². The zero-order valence-corrected chi connectivity index (χ0v) is 21.6. The average molecular weight is 520 g/mol. The third-order valence-corrected chi connectivity index (χ3v) is 7.54. The van der Waals surface area contributed by atoms with Crippen LogP contribution in [0.1, 0.15) is 51.2 Å². The number of halogens is 1. The van der Waals surface area contributed by atoms with Gasteiger partial charge in [-0.05, 0) is 79.4 Å². The maximum Gasteiger partial charge on any atom is 0.255 e. The Morgan fingerprint density at radius 1 is 1.00 bits per heavy atom. The number of hydrogen-bond donors (Lipinski definition) is 1. The standard InChI is InChI=1S/C32H26FN3O3/c1-19-6-7-21(26(37)17-32(12-13-32)27-5-3-4-14-35-27)15-24(19)22-16-25-28(30(38)34-2)29(39-31(25)36-18-22)20-8-10-23(33)11-9-20/h3-11,14-16,18H,12-13,17H2,1-2H3,(H,34,38). The van der Waals surface area contributed by atoms with Crippen LogP contribution in [0.25, 0.3) is 33.6 Å². The average Bonchev–Trinajstić information content (AvgIpc) is 3.65. The quantitative estimate of drug-likeness (QED) is 0.243. The van der Waals surface area contributed by atoms with Gasteiger partial charge in [-0.1, -0.05) is 18.2 Å². The monoisotopic (exact) mass is 519 g/mol. The van der Waals surface area contributed by atoms with Crippen molar-refractivity contribution >= 4 is 22.8 Å². The number of ketones is 1. The first-order chi connectivity index (χ1) is 18.9. The summed E-state index contributed by atoms with van der Waals surface area (Å²) >= 11 is 0. The van der Waals surface area contributed by atoms with Crippen LogP contribution >= 0.6 is 0 Å². The third-order valence-electron chi connectivity index (χ3n) is 7.54. The van der Waals surface area contributed by atoms with E-state index >= 15 is 0 Å².